The third-order valence-electron chi connectivity index (χ3n) is 6.52. The second-order valence-electron chi connectivity index (χ2n) is 9.49. The number of nitrogens with one attached hydrogen (secondary N) is 2. The van der Waals surface area contributed by atoms with Crippen LogP contribution in [0, 0.1) is 17.7 Å². The molecule has 0 bridgehead atoms. The third kappa shape index (κ3) is 6.67. The van der Waals surface area contributed by atoms with Crippen molar-refractivity contribution >= 4 is 27.5 Å². The van der Waals surface area contributed by atoms with Gasteiger partial charge in [0.25, 0.3) is 0 Å². The smallest absolute Gasteiger partial charge is 0.324 e. The van der Waals surface area contributed by atoms with E-state index in [4.69, 9.17) is 0 Å². The summed E-state index contributed by atoms with van der Waals surface area (Å²) in [6.07, 6.45) is 6.22. The lowest BCUT2D eigenvalue weighted by molar-refractivity contribution is -0.118. The van der Waals surface area contributed by atoms with Crippen molar-refractivity contribution in [2.45, 2.75) is 50.9 Å². The molecule has 3 fully saturated rings. The van der Waals surface area contributed by atoms with Crippen LogP contribution >= 0.6 is 0 Å². The highest BCUT2D eigenvalue weighted by atomic mass is 32.2. The van der Waals surface area contributed by atoms with Crippen LogP contribution in [-0.2, 0) is 14.6 Å². The van der Waals surface area contributed by atoms with E-state index in [0.717, 1.165) is 30.6 Å². The highest BCUT2D eigenvalue weighted by Gasteiger charge is 2.36. The fraction of sp³-hybridized carbons (Fsp3) is 0.652. The number of imide groups is 1. The number of carbonyl (C=O) groups is 2. The maximum atomic E-state index is 14.3. The number of urea groups is 1. The summed E-state index contributed by atoms with van der Waals surface area (Å²) in [6.45, 7) is 1.36. The lowest BCUT2D eigenvalue weighted by Gasteiger charge is -2.19. The number of halogens is 1. The summed E-state index contributed by atoms with van der Waals surface area (Å²) in [4.78, 5) is 24.2. The molecule has 2 N–H and O–H groups in total. The van der Waals surface area contributed by atoms with Crippen LogP contribution < -0.4 is 10.6 Å². The standard InChI is InChI=1S/C23H32FN3O4S/c24-19-10-18(11-20(12-19)25-13-16-4-5-16)21(17-6-7-17)15-32(30,31)9-3-1-2-8-27-14-22(28)26-23(27)29/h10-12,16-17,21,25H,1-9,13-15H2,(H,26,28,29)/t21-/m1/s1. The van der Waals surface area contributed by atoms with Crippen molar-refractivity contribution in [3.8, 4) is 0 Å². The van der Waals surface area contributed by atoms with Gasteiger partial charge in [-0.3, -0.25) is 10.1 Å². The molecule has 1 aromatic carbocycles. The second kappa shape index (κ2) is 9.77. The van der Waals surface area contributed by atoms with E-state index in [2.05, 4.69) is 10.6 Å². The number of amides is 3. The molecule has 4 rings (SSSR count). The van der Waals surface area contributed by atoms with E-state index >= 15 is 0 Å². The molecular formula is C23H32FN3O4S. The summed E-state index contributed by atoms with van der Waals surface area (Å²) < 4.78 is 39.9. The Bertz CT molecular complexity index is 960. The van der Waals surface area contributed by atoms with Crippen molar-refractivity contribution in [2.75, 3.05) is 36.5 Å². The maximum Gasteiger partial charge on any atom is 0.324 e. The zero-order valence-corrected chi connectivity index (χ0v) is 19.1. The molecule has 2 saturated carbocycles. The number of benzene rings is 1. The highest BCUT2D eigenvalue weighted by molar-refractivity contribution is 7.91. The van der Waals surface area contributed by atoms with Crippen LogP contribution in [0.5, 0.6) is 0 Å². The molecule has 0 spiro atoms. The van der Waals surface area contributed by atoms with Crippen LogP contribution in [0.1, 0.15) is 56.4 Å². The van der Waals surface area contributed by atoms with Crippen molar-refractivity contribution in [1.82, 2.24) is 10.2 Å². The van der Waals surface area contributed by atoms with Gasteiger partial charge in [-0.1, -0.05) is 6.42 Å². The van der Waals surface area contributed by atoms with E-state index in [0.29, 0.717) is 37.6 Å². The minimum Gasteiger partial charge on any atom is -0.385 e. The summed E-state index contributed by atoms with van der Waals surface area (Å²) in [7, 11) is -3.28. The van der Waals surface area contributed by atoms with Crippen LogP contribution in [-0.4, -0.2) is 56.4 Å². The molecule has 0 radical (unpaired) electrons. The second-order valence-corrected chi connectivity index (χ2v) is 11.7. The summed E-state index contributed by atoms with van der Waals surface area (Å²) >= 11 is 0. The topological polar surface area (TPSA) is 95.6 Å². The number of rotatable bonds is 13. The van der Waals surface area contributed by atoms with Gasteiger partial charge in [0, 0.05) is 24.7 Å². The molecule has 1 heterocycles. The van der Waals surface area contributed by atoms with Crippen molar-refractivity contribution in [3.63, 3.8) is 0 Å². The molecule has 1 aromatic rings. The number of hydrogen-bond donors (Lipinski definition) is 2. The summed E-state index contributed by atoms with van der Waals surface area (Å²) in [5, 5.41) is 5.53. The van der Waals surface area contributed by atoms with Gasteiger partial charge in [-0.05, 0) is 74.1 Å². The Morgan fingerprint density at radius 3 is 2.53 bits per heavy atom. The predicted molar refractivity (Wildman–Crippen MR) is 121 cm³/mol. The van der Waals surface area contributed by atoms with Gasteiger partial charge in [0.2, 0.25) is 5.91 Å². The van der Waals surface area contributed by atoms with Crippen LogP contribution in [0.25, 0.3) is 0 Å². The van der Waals surface area contributed by atoms with Gasteiger partial charge in [-0.2, -0.15) is 0 Å². The summed E-state index contributed by atoms with van der Waals surface area (Å²) in [6, 6.07) is 4.52. The SMILES string of the molecule is O=C1CN(CCCCCS(=O)(=O)C[C@@H](c2cc(F)cc(NCC3CC3)c2)C2CC2)C(=O)N1. The largest absolute Gasteiger partial charge is 0.385 e. The van der Waals surface area contributed by atoms with Gasteiger partial charge in [0.15, 0.2) is 9.84 Å². The van der Waals surface area contributed by atoms with E-state index in [1.807, 2.05) is 6.07 Å². The van der Waals surface area contributed by atoms with E-state index < -0.39 is 9.84 Å². The molecule has 32 heavy (non-hydrogen) atoms. The minimum absolute atomic E-state index is 0.0478. The van der Waals surface area contributed by atoms with Gasteiger partial charge >= 0.3 is 6.03 Å². The average Bonchev–Trinajstić information content (AvgIpc) is 3.64. The Morgan fingerprint density at radius 2 is 1.88 bits per heavy atom. The Morgan fingerprint density at radius 1 is 1.09 bits per heavy atom. The molecule has 2 aliphatic carbocycles. The van der Waals surface area contributed by atoms with Gasteiger partial charge in [-0.25, -0.2) is 17.6 Å². The monoisotopic (exact) mass is 465 g/mol. The predicted octanol–water partition coefficient (Wildman–Crippen LogP) is 3.28. The fourth-order valence-corrected chi connectivity index (χ4v) is 6.16. The molecule has 1 saturated heterocycles. The lowest BCUT2D eigenvalue weighted by Crippen LogP contribution is -2.29. The molecule has 1 atom stereocenters. The molecule has 3 amide bonds. The summed E-state index contributed by atoms with van der Waals surface area (Å²) in [5.74, 6) is 0.308. The lowest BCUT2D eigenvalue weighted by atomic mass is 9.95. The number of sulfone groups is 1. The molecule has 176 valence electrons. The molecule has 1 aliphatic heterocycles. The Balaban J connectivity index is 1.28. The maximum absolute atomic E-state index is 14.3. The Kier molecular flexibility index (Phi) is 7.02. The Hall–Kier alpha value is -2.16. The van der Waals surface area contributed by atoms with Gasteiger partial charge < -0.3 is 10.2 Å². The number of nitrogens with zero attached hydrogens (tertiary/aromatic N) is 1. The van der Waals surface area contributed by atoms with E-state index in [1.165, 1.54) is 29.9 Å². The molecule has 0 unspecified atom stereocenters. The zero-order chi connectivity index (χ0) is 22.7. The van der Waals surface area contributed by atoms with Crippen molar-refractivity contribution in [1.29, 1.82) is 0 Å². The quantitative estimate of drug-likeness (QED) is 0.344. The summed E-state index contributed by atoms with van der Waals surface area (Å²) in [5.41, 5.74) is 1.51. The van der Waals surface area contributed by atoms with Crippen LogP contribution in [0.15, 0.2) is 18.2 Å². The van der Waals surface area contributed by atoms with Crippen LogP contribution in [0.4, 0.5) is 14.9 Å². The molecule has 9 heteroatoms. The Labute approximate surface area is 189 Å². The van der Waals surface area contributed by atoms with Crippen molar-refractivity contribution in [3.05, 3.63) is 29.6 Å². The number of unbranched alkanes of at least 4 members (excludes halogenated alkanes) is 2. The zero-order valence-electron chi connectivity index (χ0n) is 18.3. The van der Waals surface area contributed by atoms with E-state index in [9.17, 15) is 22.4 Å². The third-order valence-corrected chi connectivity index (χ3v) is 8.29. The first-order valence-electron chi connectivity index (χ1n) is 11.6. The first-order valence-corrected chi connectivity index (χ1v) is 13.4. The van der Waals surface area contributed by atoms with E-state index in [1.54, 1.807) is 0 Å². The average molecular weight is 466 g/mol. The molecule has 3 aliphatic rings. The van der Waals surface area contributed by atoms with Gasteiger partial charge in [-0.15, -0.1) is 0 Å². The number of hydrogen-bond acceptors (Lipinski definition) is 5. The normalized spacial score (nSPS) is 19.8. The minimum atomic E-state index is -3.28. The van der Waals surface area contributed by atoms with Crippen LogP contribution in [0.2, 0.25) is 0 Å². The van der Waals surface area contributed by atoms with Crippen molar-refractivity contribution < 1.29 is 22.4 Å². The van der Waals surface area contributed by atoms with Gasteiger partial charge in [0.05, 0.1) is 11.5 Å². The number of anilines is 1. The molecular weight excluding hydrogens is 433 g/mol. The first kappa shape index (κ1) is 23.0. The number of carbonyl (C=O) groups excluding carboxylic acids is 2. The molecule has 7 nitrogen and oxygen atoms in total. The van der Waals surface area contributed by atoms with Crippen molar-refractivity contribution in [2.24, 2.45) is 11.8 Å². The van der Waals surface area contributed by atoms with Crippen LogP contribution in [0.3, 0.4) is 0 Å². The highest BCUT2D eigenvalue weighted by Crippen LogP contribution is 2.44. The van der Waals surface area contributed by atoms with Gasteiger partial charge in [0.1, 0.15) is 12.4 Å². The van der Waals surface area contributed by atoms with E-state index in [-0.39, 0.29) is 41.7 Å². The first-order chi connectivity index (χ1) is 15.3. The fourth-order valence-electron chi connectivity index (χ4n) is 4.34. The molecule has 0 aromatic heterocycles.